The number of rotatable bonds is 4. The molecular formula is C12H8N4O3S. The minimum Gasteiger partial charge on any atom is -0.476 e. The number of carbonyl (C=O) groups excluding carboxylic acids is 1. The van der Waals surface area contributed by atoms with Crippen LogP contribution in [0, 0.1) is 11.3 Å². The predicted molar refractivity (Wildman–Crippen MR) is 69.2 cm³/mol. The molecule has 7 nitrogen and oxygen atoms in total. The standard InChI is InChI=1S/C12H8N4O3S/c13-3-7-1-2-8(14-4-7)11(17)15-5-10-16-9(6-20-10)12(18)19/h1-2,4,6H,5H2,(H,15,17)(H,18,19). The number of hydrogen-bond acceptors (Lipinski definition) is 6. The van der Waals surface area contributed by atoms with Crippen molar-refractivity contribution in [1.82, 2.24) is 15.3 Å². The SMILES string of the molecule is N#Cc1ccc(C(=O)NCc2nc(C(=O)O)cs2)nc1. The van der Waals surface area contributed by atoms with Gasteiger partial charge < -0.3 is 10.4 Å². The third kappa shape index (κ3) is 3.15. The lowest BCUT2D eigenvalue weighted by molar-refractivity contribution is 0.0691. The number of thiazole rings is 1. The Labute approximate surface area is 117 Å². The molecule has 8 heteroatoms. The molecule has 0 saturated heterocycles. The van der Waals surface area contributed by atoms with E-state index in [-0.39, 0.29) is 17.9 Å². The Kier molecular flexibility index (Phi) is 4.02. The second-order valence-electron chi connectivity index (χ2n) is 3.66. The summed E-state index contributed by atoms with van der Waals surface area (Å²) < 4.78 is 0. The number of carboxylic acids is 1. The van der Waals surface area contributed by atoms with Gasteiger partial charge in [-0.3, -0.25) is 4.79 Å². The number of aromatic carboxylic acids is 1. The van der Waals surface area contributed by atoms with E-state index in [4.69, 9.17) is 10.4 Å². The van der Waals surface area contributed by atoms with Gasteiger partial charge in [0.1, 0.15) is 16.8 Å². The highest BCUT2D eigenvalue weighted by molar-refractivity contribution is 7.09. The molecule has 20 heavy (non-hydrogen) atoms. The van der Waals surface area contributed by atoms with Gasteiger partial charge in [0, 0.05) is 11.6 Å². The summed E-state index contributed by atoms with van der Waals surface area (Å²) in [6.45, 7) is 0.123. The Morgan fingerprint density at radius 1 is 1.40 bits per heavy atom. The molecule has 0 spiro atoms. The van der Waals surface area contributed by atoms with Crippen molar-refractivity contribution in [2.24, 2.45) is 0 Å². The van der Waals surface area contributed by atoms with Gasteiger partial charge in [0.25, 0.3) is 5.91 Å². The van der Waals surface area contributed by atoms with E-state index in [0.717, 1.165) is 11.3 Å². The van der Waals surface area contributed by atoms with Crippen LogP contribution in [-0.4, -0.2) is 27.0 Å². The third-order valence-corrected chi connectivity index (χ3v) is 3.15. The van der Waals surface area contributed by atoms with E-state index in [1.807, 2.05) is 6.07 Å². The highest BCUT2D eigenvalue weighted by Gasteiger charge is 2.11. The first kappa shape index (κ1) is 13.6. The van der Waals surface area contributed by atoms with Crippen LogP contribution >= 0.6 is 11.3 Å². The summed E-state index contributed by atoms with van der Waals surface area (Å²) in [5.41, 5.74) is 0.502. The lowest BCUT2D eigenvalue weighted by Gasteiger charge is -2.02. The Bertz CT molecular complexity index is 687. The highest BCUT2D eigenvalue weighted by Crippen LogP contribution is 2.09. The van der Waals surface area contributed by atoms with Gasteiger partial charge in [0.05, 0.1) is 12.1 Å². The van der Waals surface area contributed by atoms with Gasteiger partial charge in [-0.05, 0) is 12.1 Å². The number of nitrogens with one attached hydrogen (secondary N) is 1. The van der Waals surface area contributed by atoms with Crippen LogP contribution in [0.5, 0.6) is 0 Å². The molecule has 100 valence electrons. The second kappa shape index (κ2) is 5.90. The molecule has 2 aromatic rings. The lowest BCUT2D eigenvalue weighted by atomic mass is 10.2. The number of nitriles is 1. The lowest BCUT2D eigenvalue weighted by Crippen LogP contribution is -2.23. The monoisotopic (exact) mass is 288 g/mol. The number of amides is 1. The van der Waals surface area contributed by atoms with Gasteiger partial charge in [-0.1, -0.05) is 0 Å². The number of pyridine rings is 1. The van der Waals surface area contributed by atoms with Crippen molar-refractivity contribution in [2.45, 2.75) is 6.54 Å². The van der Waals surface area contributed by atoms with Gasteiger partial charge in [-0.15, -0.1) is 11.3 Å². The van der Waals surface area contributed by atoms with E-state index in [0.29, 0.717) is 10.6 Å². The third-order valence-electron chi connectivity index (χ3n) is 2.30. The average molecular weight is 288 g/mol. The fraction of sp³-hybridized carbons (Fsp3) is 0.0833. The zero-order valence-corrected chi connectivity index (χ0v) is 10.8. The molecule has 2 heterocycles. The van der Waals surface area contributed by atoms with E-state index in [1.54, 1.807) is 0 Å². The summed E-state index contributed by atoms with van der Waals surface area (Å²) in [6.07, 6.45) is 1.31. The molecule has 0 aliphatic rings. The normalized spacial score (nSPS) is 9.75. The first-order valence-corrected chi connectivity index (χ1v) is 6.30. The van der Waals surface area contributed by atoms with Gasteiger partial charge >= 0.3 is 5.97 Å². The molecule has 2 aromatic heterocycles. The summed E-state index contributed by atoms with van der Waals surface area (Å²) in [5.74, 6) is -1.52. The largest absolute Gasteiger partial charge is 0.476 e. The Morgan fingerprint density at radius 3 is 2.75 bits per heavy atom. The number of carboxylic acid groups (broad SMARTS) is 1. The Balaban J connectivity index is 1.97. The number of nitrogens with zero attached hydrogens (tertiary/aromatic N) is 3. The number of carbonyl (C=O) groups is 2. The molecule has 0 unspecified atom stereocenters. The van der Waals surface area contributed by atoms with Gasteiger partial charge in [0.2, 0.25) is 0 Å². The van der Waals surface area contributed by atoms with Crippen LogP contribution in [-0.2, 0) is 6.54 Å². The van der Waals surface area contributed by atoms with E-state index in [9.17, 15) is 9.59 Å². The van der Waals surface area contributed by atoms with E-state index < -0.39 is 11.9 Å². The van der Waals surface area contributed by atoms with Gasteiger partial charge in [-0.2, -0.15) is 5.26 Å². The van der Waals surface area contributed by atoms with Crippen molar-refractivity contribution in [2.75, 3.05) is 0 Å². The first-order chi connectivity index (χ1) is 9.60. The van der Waals surface area contributed by atoms with Crippen molar-refractivity contribution < 1.29 is 14.7 Å². The molecule has 2 rings (SSSR count). The van der Waals surface area contributed by atoms with Crippen LogP contribution in [0.1, 0.15) is 31.5 Å². The average Bonchev–Trinajstić information content (AvgIpc) is 2.94. The quantitative estimate of drug-likeness (QED) is 0.868. The molecule has 0 aromatic carbocycles. The summed E-state index contributed by atoms with van der Waals surface area (Å²) >= 11 is 1.15. The summed E-state index contributed by atoms with van der Waals surface area (Å²) in [5, 5.41) is 21.8. The molecular weight excluding hydrogens is 280 g/mol. The highest BCUT2D eigenvalue weighted by atomic mass is 32.1. The van der Waals surface area contributed by atoms with Crippen LogP contribution in [0.2, 0.25) is 0 Å². The maximum absolute atomic E-state index is 11.8. The van der Waals surface area contributed by atoms with Crippen molar-refractivity contribution in [3.8, 4) is 6.07 Å². The molecule has 0 fully saturated rings. The topological polar surface area (TPSA) is 116 Å². The molecule has 0 atom stereocenters. The van der Waals surface area contributed by atoms with Crippen molar-refractivity contribution in [3.05, 3.63) is 45.7 Å². The van der Waals surface area contributed by atoms with Crippen LogP contribution in [0.25, 0.3) is 0 Å². The van der Waals surface area contributed by atoms with Crippen LogP contribution in [0.3, 0.4) is 0 Å². The van der Waals surface area contributed by atoms with E-state index in [2.05, 4.69) is 15.3 Å². The van der Waals surface area contributed by atoms with Crippen LogP contribution < -0.4 is 5.32 Å². The molecule has 0 saturated carbocycles. The molecule has 0 bridgehead atoms. The fourth-order valence-corrected chi connectivity index (χ4v) is 2.04. The van der Waals surface area contributed by atoms with Gasteiger partial charge in [-0.25, -0.2) is 14.8 Å². The van der Waals surface area contributed by atoms with Crippen LogP contribution in [0.15, 0.2) is 23.7 Å². The summed E-state index contributed by atoms with van der Waals surface area (Å²) in [4.78, 5) is 30.1. The van der Waals surface area contributed by atoms with E-state index in [1.165, 1.54) is 23.7 Å². The summed E-state index contributed by atoms with van der Waals surface area (Å²) in [7, 11) is 0. The predicted octanol–water partition coefficient (Wildman–Crippen LogP) is 1.04. The van der Waals surface area contributed by atoms with Crippen LogP contribution in [0.4, 0.5) is 0 Å². The number of aromatic nitrogens is 2. The fourth-order valence-electron chi connectivity index (χ4n) is 1.33. The Morgan fingerprint density at radius 2 is 2.20 bits per heavy atom. The zero-order valence-electron chi connectivity index (χ0n) is 10.0. The smallest absolute Gasteiger partial charge is 0.355 e. The molecule has 0 aliphatic heterocycles. The number of hydrogen-bond donors (Lipinski definition) is 2. The molecule has 0 aliphatic carbocycles. The maximum Gasteiger partial charge on any atom is 0.355 e. The van der Waals surface area contributed by atoms with Crippen molar-refractivity contribution in [1.29, 1.82) is 5.26 Å². The minimum absolute atomic E-state index is 0.0456. The first-order valence-electron chi connectivity index (χ1n) is 5.42. The second-order valence-corrected chi connectivity index (χ2v) is 4.60. The van der Waals surface area contributed by atoms with Gasteiger partial charge in [0.15, 0.2) is 5.69 Å². The molecule has 1 amide bonds. The maximum atomic E-state index is 11.8. The van der Waals surface area contributed by atoms with Crippen molar-refractivity contribution in [3.63, 3.8) is 0 Å². The molecule has 2 N–H and O–H groups in total. The zero-order chi connectivity index (χ0) is 14.5. The summed E-state index contributed by atoms with van der Waals surface area (Å²) in [6, 6.07) is 4.84. The minimum atomic E-state index is -1.10. The van der Waals surface area contributed by atoms with E-state index >= 15 is 0 Å². The Hall–Kier alpha value is -2.79. The molecule has 0 radical (unpaired) electrons. The van der Waals surface area contributed by atoms with Crippen molar-refractivity contribution >= 4 is 23.2 Å².